The molecule has 0 aliphatic carbocycles. The fourth-order valence-corrected chi connectivity index (χ4v) is 14.9. The Bertz CT molecular complexity index is 3960. The van der Waals surface area contributed by atoms with Crippen LogP contribution < -0.4 is 31.9 Å². The highest BCUT2D eigenvalue weighted by atomic mass is 32.2. The van der Waals surface area contributed by atoms with Crippen molar-refractivity contribution in [2.75, 3.05) is 20.1 Å². The summed E-state index contributed by atoms with van der Waals surface area (Å²) in [4.78, 5) is 137. The lowest BCUT2D eigenvalue weighted by molar-refractivity contribution is -0.136. The number of aliphatic hydroxyl groups is 1. The number of benzene rings is 1. The number of aliphatic carboxylic acids is 1. The van der Waals surface area contributed by atoms with Crippen LogP contribution in [0.3, 0.4) is 0 Å². The number of amides is 6. The monoisotopic (exact) mass is 1280 g/mol. The highest BCUT2D eigenvalue weighted by molar-refractivity contribution is 7.98. The van der Waals surface area contributed by atoms with Crippen molar-refractivity contribution in [3.63, 3.8) is 0 Å². The van der Waals surface area contributed by atoms with Gasteiger partial charge in [0, 0.05) is 68.6 Å². The SMILES string of the molecule is CNC(=O)CC1NC(=O)c2csc(n2)-c2ccc(-c3nc(C(=O)NCCC(=O)O)cs3)nc2-c2csc(n2)-c2csc(n2)C(C(O)c2ccccc2)NC(=O)CNC(=O)c2nc(sc2CSc2ncccn2)C(C(C)C)NC(=O)c2nc1sc2C. The first-order valence-electron chi connectivity index (χ1n) is 25.8. The third kappa shape index (κ3) is 14.2. The van der Waals surface area contributed by atoms with E-state index in [2.05, 4.69) is 46.9 Å². The number of aryl methyl sites for hydroxylation is 1. The molecule has 9 heterocycles. The number of thioether (sulfide) groups is 1. The number of thiazole rings is 6. The number of carbonyl (C=O) groups is 7. The topological polar surface area (TPSA) is 348 Å². The molecule has 0 saturated carbocycles. The second-order valence-electron chi connectivity index (χ2n) is 19.0. The van der Waals surface area contributed by atoms with E-state index in [1.165, 1.54) is 58.2 Å². The van der Waals surface area contributed by atoms with Crippen molar-refractivity contribution in [3.8, 4) is 43.4 Å². The molecular weight excluding hydrogens is 1230 g/mol. The fraction of sp³-hybridized carbons (Fsp3) is 0.259. The Labute approximate surface area is 512 Å². The van der Waals surface area contributed by atoms with Gasteiger partial charge < -0.3 is 42.1 Å². The van der Waals surface area contributed by atoms with Crippen molar-refractivity contribution < 1.29 is 43.8 Å². The molecule has 0 radical (unpaired) electrons. The van der Waals surface area contributed by atoms with E-state index in [4.69, 9.17) is 35.0 Å². The lowest BCUT2D eigenvalue weighted by Crippen LogP contribution is -2.40. The van der Waals surface area contributed by atoms with Crippen LogP contribution in [-0.4, -0.2) is 117 Å². The highest BCUT2D eigenvalue weighted by Crippen LogP contribution is 2.40. The third-order valence-electron chi connectivity index (χ3n) is 12.7. The van der Waals surface area contributed by atoms with Crippen LogP contribution in [0.4, 0.5) is 0 Å². The molecule has 1 aromatic carbocycles. The zero-order valence-electron chi connectivity index (χ0n) is 45.1. The number of hydrogen-bond acceptors (Lipinski definition) is 24. The number of aromatic nitrogens is 9. The lowest BCUT2D eigenvalue weighted by Gasteiger charge is -2.23. The predicted octanol–water partition coefficient (Wildman–Crippen LogP) is 7.45. The highest BCUT2D eigenvalue weighted by Gasteiger charge is 2.33. The van der Waals surface area contributed by atoms with Crippen LogP contribution in [-0.2, 0) is 20.1 Å². The molecular formula is C54H49N15O9S7. The van der Waals surface area contributed by atoms with Gasteiger partial charge in [-0.3, -0.25) is 33.6 Å². The maximum Gasteiger partial charge on any atom is 0.305 e. The normalized spacial score (nSPS) is 16.1. The van der Waals surface area contributed by atoms with Gasteiger partial charge in [0.05, 0.1) is 37.2 Å². The molecule has 31 heteroatoms. The smallest absolute Gasteiger partial charge is 0.305 e. The summed E-state index contributed by atoms with van der Waals surface area (Å²) < 4.78 is 0. The van der Waals surface area contributed by atoms with Gasteiger partial charge in [-0.05, 0) is 36.6 Å². The largest absolute Gasteiger partial charge is 0.481 e. The van der Waals surface area contributed by atoms with E-state index >= 15 is 0 Å². The molecule has 8 aromatic heterocycles. The van der Waals surface area contributed by atoms with Gasteiger partial charge in [-0.1, -0.05) is 55.9 Å². The number of nitrogens with zero attached hydrogens (tertiary/aromatic N) is 9. The Balaban J connectivity index is 1.05. The second-order valence-corrected chi connectivity index (χ2v) is 25.7. The molecule has 10 bridgehead atoms. The summed E-state index contributed by atoms with van der Waals surface area (Å²) in [6.07, 6.45) is 1.39. The molecule has 8 N–H and O–H groups in total. The Morgan fingerprint density at radius 1 is 0.694 bits per heavy atom. The summed E-state index contributed by atoms with van der Waals surface area (Å²) >= 11 is 8.32. The molecule has 10 rings (SSSR count). The quantitative estimate of drug-likeness (QED) is 0.0410. The van der Waals surface area contributed by atoms with Gasteiger partial charge >= 0.3 is 5.97 Å². The first-order chi connectivity index (χ1) is 41.0. The number of hydrogen-bond donors (Lipinski definition) is 8. The molecule has 24 nitrogen and oxygen atoms in total. The minimum Gasteiger partial charge on any atom is -0.481 e. The summed E-state index contributed by atoms with van der Waals surface area (Å²) in [5, 5.41) is 47.0. The molecule has 436 valence electrons. The first kappa shape index (κ1) is 60.0. The van der Waals surface area contributed by atoms with Crippen LogP contribution in [0.5, 0.6) is 0 Å². The Morgan fingerprint density at radius 3 is 2.18 bits per heavy atom. The van der Waals surface area contributed by atoms with Crippen LogP contribution >= 0.6 is 79.8 Å². The van der Waals surface area contributed by atoms with E-state index in [9.17, 15) is 38.7 Å². The van der Waals surface area contributed by atoms with Crippen LogP contribution in [0.2, 0.25) is 0 Å². The average Bonchev–Trinajstić information content (AvgIpc) is 2.74. The molecule has 4 atom stereocenters. The van der Waals surface area contributed by atoms with Crippen LogP contribution in [0, 0.1) is 12.8 Å². The van der Waals surface area contributed by atoms with Gasteiger partial charge in [0.1, 0.15) is 82.0 Å². The third-order valence-corrected chi connectivity index (χ3v) is 19.5. The van der Waals surface area contributed by atoms with E-state index in [1.807, 2.05) is 13.8 Å². The average molecular weight is 1280 g/mol. The molecule has 0 saturated heterocycles. The van der Waals surface area contributed by atoms with E-state index < -0.39 is 72.2 Å². The number of carboxylic acid groups (broad SMARTS) is 1. The van der Waals surface area contributed by atoms with Crippen LogP contribution in [0.1, 0.15) is 123 Å². The van der Waals surface area contributed by atoms with Crippen molar-refractivity contribution in [1.29, 1.82) is 0 Å². The van der Waals surface area contributed by atoms with E-state index in [-0.39, 0.29) is 58.8 Å². The Kier molecular flexibility index (Phi) is 18.9. The van der Waals surface area contributed by atoms with Crippen molar-refractivity contribution in [2.24, 2.45) is 5.92 Å². The summed E-state index contributed by atoms with van der Waals surface area (Å²) in [6.45, 7) is 4.85. The van der Waals surface area contributed by atoms with Crippen molar-refractivity contribution in [1.82, 2.24) is 76.8 Å². The Hall–Kier alpha value is -8.17. The number of fused-ring (bicyclic) bond motifs is 14. The molecule has 1 aliphatic rings. The maximum atomic E-state index is 14.4. The van der Waals surface area contributed by atoms with Gasteiger partial charge in [0.25, 0.3) is 23.6 Å². The summed E-state index contributed by atoms with van der Waals surface area (Å²) in [5.74, 6) is -4.63. The van der Waals surface area contributed by atoms with Crippen molar-refractivity contribution >= 4 is 121 Å². The zero-order valence-corrected chi connectivity index (χ0v) is 50.9. The second kappa shape index (κ2) is 26.8. The summed E-state index contributed by atoms with van der Waals surface area (Å²) in [6, 6.07) is 11.0. The van der Waals surface area contributed by atoms with Crippen molar-refractivity contribution in [2.45, 2.75) is 68.8 Å². The number of rotatable bonds is 13. The van der Waals surface area contributed by atoms with Gasteiger partial charge in [-0.25, -0.2) is 44.9 Å². The van der Waals surface area contributed by atoms with Gasteiger partial charge in [0.2, 0.25) is 11.8 Å². The van der Waals surface area contributed by atoms with Gasteiger partial charge in [0.15, 0.2) is 5.16 Å². The molecule has 1 aliphatic heterocycles. The number of nitrogens with one attached hydrogen (secondary N) is 6. The zero-order chi connectivity index (χ0) is 59.9. The predicted molar refractivity (Wildman–Crippen MR) is 322 cm³/mol. The van der Waals surface area contributed by atoms with E-state index in [1.54, 1.807) is 84.0 Å². The minimum atomic E-state index is -1.30. The molecule has 9 aromatic rings. The van der Waals surface area contributed by atoms with E-state index in [0.717, 1.165) is 34.0 Å². The summed E-state index contributed by atoms with van der Waals surface area (Å²) in [5.41, 5.74) is 2.54. The van der Waals surface area contributed by atoms with Gasteiger partial charge in [-0.2, -0.15) is 0 Å². The summed E-state index contributed by atoms with van der Waals surface area (Å²) in [7, 11) is 1.46. The number of pyridine rings is 1. The number of carbonyl (C=O) groups excluding carboxylic acids is 6. The fourth-order valence-electron chi connectivity index (χ4n) is 8.42. The minimum absolute atomic E-state index is 0.00394. The first-order valence-corrected chi connectivity index (χ1v) is 32.0. The van der Waals surface area contributed by atoms with Crippen molar-refractivity contribution in [3.05, 3.63) is 136 Å². The molecule has 6 amide bonds. The number of aliphatic hydroxyl groups excluding tert-OH is 1. The van der Waals surface area contributed by atoms with E-state index in [0.29, 0.717) is 73.9 Å². The lowest BCUT2D eigenvalue weighted by atomic mass is 10.0. The van der Waals surface area contributed by atoms with Crippen LogP contribution in [0.15, 0.2) is 87.6 Å². The molecule has 85 heavy (non-hydrogen) atoms. The van der Waals surface area contributed by atoms with Crippen LogP contribution in [0.25, 0.3) is 43.4 Å². The van der Waals surface area contributed by atoms with Gasteiger partial charge in [-0.15, -0.1) is 68.0 Å². The molecule has 0 fully saturated rings. The standard InChI is InChI=1S/C54H49N15O9S7/c1-24(2)38-53-69-41(34(85-53)23-83-54-57-14-8-15-58-54)46(77)59-18-36(71)66-42(43(74)26-9-6-5-7-10-26)52-65-33(22-82-52)50-62-30(19-80-50)40-27(11-12-28(60-40)49-64-31(20-81-49)44(75)56-16-13-37(72)73)48-63-32(21-79-48)45(76)61-29(17-35(70)55-4)51-68-39(25(3)84-51)47(78)67-38/h5-12,14-15,19-22,24,29,38,42-43,74H,13,16-18,23H2,1-4H3,(H,55,70)(H,56,75)(H,59,77)(H,61,76)(H,66,71)(H,67,78)(H,72,73). The number of carboxylic acids is 1. The molecule has 0 spiro atoms. The molecule has 4 unspecified atom stereocenters. The maximum absolute atomic E-state index is 14.4. The Morgan fingerprint density at radius 2 is 1.41 bits per heavy atom.